The van der Waals surface area contributed by atoms with Gasteiger partial charge >= 0.3 is 5.97 Å². The van der Waals surface area contributed by atoms with Crippen molar-refractivity contribution in [1.82, 2.24) is 0 Å². The largest absolute Gasteiger partial charge is 0.454 e. The van der Waals surface area contributed by atoms with E-state index in [-0.39, 0.29) is 17.5 Å². The zero-order chi connectivity index (χ0) is 11.8. The summed E-state index contributed by atoms with van der Waals surface area (Å²) in [6.07, 6.45) is 1.93. The van der Waals surface area contributed by atoms with E-state index in [0.29, 0.717) is 0 Å². The summed E-state index contributed by atoms with van der Waals surface area (Å²) in [7, 11) is 0. The van der Waals surface area contributed by atoms with Gasteiger partial charge in [0.2, 0.25) is 0 Å². The number of benzene rings is 1. The summed E-state index contributed by atoms with van der Waals surface area (Å²) in [5.41, 5.74) is 2.47. The van der Waals surface area contributed by atoms with Crippen molar-refractivity contribution in [2.24, 2.45) is 0 Å². The number of carbonyl (C=O) groups is 1. The molecule has 84 valence electrons. The highest BCUT2D eigenvalue weighted by atomic mass is 16.5. The summed E-state index contributed by atoms with van der Waals surface area (Å²) in [4.78, 5) is 11.2. The molecule has 0 heterocycles. The van der Waals surface area contributed by atoms with E-state index in [1.54, 1.807) is 0 Å². The maximum atomic E-state index is 11.2. The number of fused-ring (bicyclic) bond motifs is 1. The number of rotatable bonds is 2. The second-order valence-corrected chi connectivity index (χ2v) is 4.80. The first-order valence-corrected chi connectivity index (χ1v) is 5.47. The molecular weight excluding hydrogens is 200 g/mol. The molecule has 0 fully saturated rings. The standard InChI is InChI=1S/C14H16O2/c1-4-13(15)16-12-9-14(2,3)11-8-6-5-7-10(11)12/h4-8,12H,1,9H2,2-3H3. The van der Waals surface area contributed by atoms with Crippen LogP contribution in [0, 0.1) is 0 Å². The lowest BCUT2D eigenvalue weighted by molar-refractivity contribution is -0.143. The van der Waals surface area contributed by atoms with Crippen LogP contribution in [0.25, 0.3) is 0 Å². The van der Waals surface area contributed by atoms with Crippen molar-refractivity contribution in [3.8, 4) is 0 Å². The molecule has 1 atom stereocenters. The van der Waals surface area contributed by atoms with Crippen LogP contribution in [0.3, 0.4) is 0 Å². The minimum atomic E-state index is -0.350. The Balaban J connectivity index is 2.33. The Morgan fingerprint density at radius 1 is 1.50 bits per heavy atom. The number of carbonyl (C=O) groups excluding carboxylic acids is 1. The molecule has 1 aromatic carbocycles. The molecule has 0 radical (unpaired) electrons. The Morgan fingerprint density at radius 3 is 2.88 bits per heavy atom. The zero-order valence-electron chi connectivity index (χ0n) is 9.69. The maximum absolute atomic E-state index is 11.2. The summed E-state index contributed by atoms with van der Waals surface area (Å²) >= 11 is 0. The fourth-order valence-corrected chi connectivity index (χ4v) is 2.37. The van der Waals surface area contributed by atoms with Crippen LogP contribution in [-0.2, 0) is 14.9 Å². The third kappa shape index (κ3) is 1.75. The molecule has 0 aromatic heterocycles. The molecule has 2 heteroatoms. The average Bonchev–Trinajstić information content (AvgIpc) is 2.51. The predicted octanol–water partition coefficient (Wildman–Crippen LogP) is 3.14. The fraction of sp³-hybridized carbons (Fsp3) is 0.357. The molecule has 1 aliphatic carbocycles. The van der Waals surface area contributed by atoms with Crippen LogP contribution in [0.4, 0.5) is 0 Å². The average molecular weight is 216 g/mol. The molecular formula is C14H16O2. The first-order valence-electron chi connectivity index (χ1n) is 5.47. The molecule has 0 amide bonds. The lowest BCUT2D eigenvalue weighted by Gasteiger charge is -2.18. The highest BCUT2D eigenvalue weighted by Gasteiger charge is 2.38. The molecule has 0 N–H and O–H groups in total. The van der Waals surface area contributed by atoms with Gasteiger partial charge in [0.05, 0.1) is 0 Å². The molecule has 0 aliphatic heterocycles. The molecule has 0 spiro atoms. The predicted molar refractivity (Wildman–Crippen MR) is 63.1 cm³/mol. The van der Waals surface area contributed by atoms with Gasteiger partial charge in [-0.2, -0.15) is 0 Å². The first kappa shape index (κ1) is 10.9. The van der Waals surface area contributed by atoms with E-state index in [1.165, 1.54) is 11.6 Å². The monoisotopic (exact) mass is 216 g/mol. The van der Waals surface area contributed by atoms with Crippen molar-refractivity contribution in [3.05, 3.63) is 48.0 Å². The van der Waals surface area contributed by atoms with Gasteiger partial charge in [0.1, 0.15) is 6.10 Å². The molecule has 1 aliphatic rings. The minimum Gasteiger partial charge on any atom is -0.454 e. The lowest BCUT2D eigenvalue weighted by atomic mass is 9.87. The van der Waals surface area contributed by atoms with Crippen molar-refractivity contribution in [1.29, 1.82) is 0 Å². The van der Waals surface area contributed by atoms with Gasteiger partial charge in [-0.05, 0) is 23.0 Å². The second kappa shape index (κ2) is 3.78. The third-order valence-corrected chi connectivity index (χ3v) is 3.16. The topological polar surface area (TPSA) is 26.3 Å². The van der Waals surface area contributed by atoms with Crippen molar-refractivity contribution in [2.75, 3.05) is 0 Å². The molecule has 2 nitrogen and oxygen atoms in total. The second-order valence-electron chi connectivity index (χ2n) is 4.80. The van der Waals surface area contributed by atoms with Gasteiger partial charge in [-0.15, -0.1) is 0 Å². The van der Waals surface area contributed by atoms with Gasteiger partial charge in [0, 0.05) is 6.08 Å². The number of esters is 1. The van der Waals surface area contributed by atoms with Crippen LogP contribution in [-0.4, -0.2) is 5.97 Å². The molecule has 0 bridgehead atoms. The Labute approximate surface area is 95.9 Å². The number of hydrogen-bond donors (Lipinski definition) is 0. The highest BCUT2D eigenvalue weighted by molar-refractivity contribution is 5.81. The van der Waals surface area contributed by atoms with E-state index in [9.17, 15) is 4.79 Å². The fourth-order valence-electron chi connectivity index (χ4n) is 2.37. The Kier molecular flexibility index (Phi) is 2.58. The summed E-state index contributed by atoms with van der Waals surface area (Å²) in [5, 5.41) is 0. The zero-order valence-corrected chi connectivity index (χ0v) is 9.69. The van der Waals surface area contributed by atoms with Crippen molar-refractivity contribution < 1.29 is 9.53 Å². The molecule has 1 unspecified atom stereocenters. The van der Waals surface area contributed by atoms with E-state index in [4.69, 9.17) is 4.74 Å². The maximum Gasteiger partial charge on any atom is 0.330 e. The van der Waals surface area contributed by atoms with Crippen molar-refractivity contribution in [2.45, 2.75) is 31.8 Å². The van der Waals surface area contributed by atoms with E-state index in [0.717, 1.165) is 12.0 Å². The van der Waals surface area contributed by atoms with Gasteiger partial charge in [-0.1, -0.05) is 44.7 Å². The quantitative estimate of drug-likeness (QED) is 0.560. The van der Waals surface area contributed by atoms with Crippen LogP contribution in [0.5, 0.6) is 0 Å². The number of ether oxygens (including phenoxy) is 1. The normalized spacial score (nSPS) is 21.2. The van der Waals surface area contributed by atoms with E-state index in [2.05, 4.69) is 26.5 Å². The van der Waals surface area contributed by atoms with Gasteiger partial charge in [-0.3, -0.25) is 0 Å². The van der Waals surface area contributed by atoms with Gasteiger partial charge in [-0.25, -0.2) is 4.79 Å². The van der Waals surface area contributed by atoms with Crippen LogP contribution in [0.2, 0.25) is 0 Å². The SMILES string of the molecule is C=CC(=O)OC1CC(C)(C)c2ccccc21. The number of hydrogen-bond acceptors (Lipinski definition) is 2. The summed E-state index contributed by atoms with van der Waals surface area (Å²) in [6.45, 7) is 7.77. The Morgan fingerprint density at radius 2 is 2.19 bits per heavy atom. The smallest absolute Gasteiger partial charge is 0.330 e. The van der Waals surface area contributed by atoms with Gasteiger partial charge in [0.15, 0.2) is 0 Å². The third-order valence-electron chi connectivity index (χ3n) is 3.16. The van der Waals surface area contributed by atoms with Crippen LogP contribution >= 0.6 is 0 Å². The van der Waals surface area contributed by atoms with E-state index < -0.39 is 0 Å². The molecule has 0 saturated heterocycles. The Hall–Kier alpha value is -1.57. The highest BCUT2D eigenvalue weighted by Crippen LogP contribution is 2.46. The molecule has 2 rings (SSSR count). The van der Waals surface area contributed by atoms with E-state index >= 15 is 0 Å². The molecule has 16 heavy (non-hydrogen) atoms. The summed E-state index contributed by atoms with van der Waals surface area (Å²) < 4.78 is 5.37. The minimum absolute atomic E-state index is 0.0721. The van der Waals surface area contributed by atoms with Crippen LogP contribution in [0.15, 0.2) is 36.9 Å². The van der Waals surface area contributed by atoms with Gasteiger partial charge in [0.25, 0.3) is 0 Å². The first-order chi connectivity index (χ1) is 7.54. The summed E-state index contributed by atoms with van der Waals surface area (Å²) in [5.74, 6) is -0.350. The Bertz CT molecular complexity index is 432. The molecule has 1 aromatic rings. The van der Waals surface area contributed by atoms with Crippen LogP contribution in [0.1, 0.15) is 37.5 Å². The van der Waals surface area contributed by atoms with Crippen molar-refractivity contribution >= 4 is 5.97 Å². The van der Waals surface area contributed by atoms with E-state index in [1.807, 2.05) is 18.2 Å². The summed E-state index contributed by atoms with van der Waals surface area (Å²) in [6, 6.07) is 8.15. The molecule has 0 saturated carbocycles. The van der Waals surface area contributed by atoms with Crippen molar-refractivity contribution in [3.63, 3.8) is 0 Å². The lowest BCUT2D eigenvalue weighted by Crippen LogP contribution is -2.13. The van der Waals surface area contributed by atoms with Gasteiger partial charge < -0.3 is 4.74 Å². The van der Waals surface area contributed by atoms with Crippen LogP contribution < -0.4 is 0 Å².